The average molecular weight is 273 g/mol. The maximum absolute atomic E-state index is 10.7. The predicted molar refractivity (Wildman–Crippen MR) is 80.0 cm³/mol. The number of carbonyl (C=O) groups is 1. The molecule has 3 heteroatoms. The van der Waals surface area contributed by atoms with Crippen LogP contribution in [0.5, 0.6) is 0 Å². The van der Waals surface area contributed by atoms with E-state index in [0.29, 0.717) is 0 Å². The summed E-state index contributed by atoms with van der Waals surface area (Å²) in [7, 11) is 0. The van der Waals surface area contributed by atoms with Gasteiger partial charge in [-0.05, 0) is 39.2 Å². The molecular weight excluding hydrogens is 260 g/mol. The summed E-state index contributed by atoms with van der Waals surface area (Å²) in [5.74, 6) is -0.796. The molecule has 3 rings (SSSR count). The van der Waals surface area contributed by atoms with Gasteiger partial charge in [-0.1, -0.05) is 42.5 Å². The van der Waals surface area contributed by atoms with Crippen LogP contribution in [-0.2, 0) is 11.2 Å². The van der Waals surface area contributed by atoms with E-state index in [4.69, 9.17) is 5.11 Å². The van der Waals surface area contributed by atoms with Gasteiger partial charge in [0.25, 0.3) is 0 Å². The topological polar surface area (TPSA) is 37.3 Å². The Morgan fingerprint density at radius 3 is 2.05 bits per heavy atom. The van der Waals surface area contributed by atoms with Crippen molar-refractivity contribution in [3.63, 3.8) is 0 Å². The maximum atomic E-state index is 10.7. The molecule has 0 aliphatic rings. The van der Waals surface area contributed by atoms with Gasteiger partial charge in [-0.15, -0.1) is 12.4 Å². The Morgan fingerprint density at radius 2 is 1.42 bits per heavy atom. The molecule has 0 aliphatic carbocycles. The van der Waals surface area contributed by atoms with Crippen molar-refractivity contribution in [2.24, 2.45) is 0 Å². The van der Waals surface area contributed by atoms with Crippen LogP contribution in [0.25, 0.3) is 21.5 Å². The van der Waals surface area contributed by atoms with E-state index in [-0.39, 0.29) is 18.8 Å². The third-order valence-electron chi connectivity index (χ3n) is 3.12. The fourth-order valence-electron chi connectivity index (χ4n) is 2.27. The molecule has 0 radical (unpaired) electrons. The summed E-state index contributed by atoms with van der Waals surface area (Å²) in [6.45, 7) is 0. The molecule has 19 heavy (non-hydrogen) atoms. The Kier molecular flexibility index (Phi) is 3.72. The summed E-state index contributed by atoms with van der Waals surface area (Å²) < 4.78 is 0. The molecule has 3 aromatic rings. The van der Waals surface area contributed by atoms with Gasteiger partial charge in [0.15, 0.2) is 0 Å². The number of rotatable bonds is 2. The zero-order valence-electron chi connectivity index (χ0n) is 10.2. The zero-order valence-corrected chi connectivity index (χ0v) is 11.0. The lowest BCUT2D eigenvalue weighted by Gasteiger charge is -2.04. The Morgan fingerprint density at radius 1 is 0.842 bits per heavy atom. The largest absolute Gasteiger partial charge is 0.481 e. The first-order valence-corrected chi connectivity index (χ1v) is 5.85. The Balaban J connectivity index is 0.00000133. The van der Waals surface area contributed by atoms with E-state index in [2.05, 4.69) is 24.3 Å². The highest BCUT2D eigenvalue weighted by molar-refractivity contribution is 5.98. The minimum absolute atomic E-state index is 0. The molecule has 0 bridgehead atoms. The number of hydrogen-bond donors (Lipinski definition) is 1. The van der Waals surface area contributed by atoms with Crippen molar-refractivity contribution < 1.29 is 9.90 Å². The molecule has 0 aromatic heterocycles. The van der Waals surface area contributed by atoms with Gasteiger partial charge in [0, 0.05) is 0 Å². The van der Waals surface area contributed by atoms with Crippen LogP contribution < -0.4 is 0 Å². The standard InChI is InChI=1S/C16H12O2.ClH/c17-16(18)8-11-5-6-14-9-12-3-1-2-4-13(12)10-15(14)7-11;/h1-7,9-10H,8H2,(H,17,18);1H. The van der Waals surface area contributed by atoms with Gasteiger partial charge in [0.2, 0.25) is 0 Å². The molecule has 0 saturated heterocycles. The highest BCUT2D eigenvalue weighted by Gasteiger charge is 2.03. The SMILES string of the molecule is Cl.O=C(O)Cc1ccc2cc3ccccc3cc2c1. The fraction of sp³-hybridized carbons (Fsp3) is 0.0625. The maximum Gasteiger partial charge on any atom is 0.307 e. The van der Waals surface area contributed by atoms with Crippen molar-refractivity contribution in [1.29, 1.82) is 0 Å². The molecule has 0 spiro atoms. The van der Waals surface area contributed by atoms with Gasteiger partial charge in [0.1, 0.15) is 0 Å². The van der Waals surface area contributed by atoms with Crippen LogP contribution >= 0.6 is 12.4 Å². The lowest BCUT2D eigenvalue weighted by Crippen LogP contribution is -1.99. The predicted octanol–water partition coefficient (Wildman–Crippen LogP) is 4.04. The number of benzene rings is 3. The number of fused-ring (bicyclic) bond motifs is 2. The first-order chi connectivity index (χ1) is 8.72. The van der Waals surface area contributed by atoms with Crippen LogP contribution in [-0.4, -0.2) is 11.1 Å². The summed E-state index contributed by atoms with van der Waals surface area (Å²) >= 11 is 0. The second-order valence-electron chi connectivity index (χ2n) is 4.45. The monoisotopic (exact) mass is 272 g/mol. The van der Waals surface area contributed by atoms with E-state index in [9.17, 15) is 4.79 Å². The van der Waals surface area contributed by atoms with Gasteiger partial charge in [-0.3, -0.25) is 4.79 Å². The average Bonchev–Trinajstić information content (AvgIpc) is 2.35. The van der Waals surface area contributed by atoms with Crippen LogP contribution in [0.2, 0.25) is 0 Å². The lowest BCUT2D eigenvalue weighted by atomic mass is 10.0. The van der Waals surface area contributed by atoms with Crippen molar-refractivity contribution in [2.45, 2.75) is 6.42 Å². The molecule has 3 aromatic carbocycles. The molecule has 0 atom stereocenters. The van der Waals surface area contributed by atoms with Gasteiger partial charge in [-0.2, -0.15) is 0 Å². The normalized spacial score (nSPS) is 10.3. The van der Waals surface area contributed by atoms with E-state index in [1.54, 1.807) is 0 Å². The van der Waals surface area contributed by atoms with Gasteiger partial charge >= 0.3 is 5.97 Å². The smallest absolute Gasteiger partial charge is 0.307 e. The second kappa shape index (κ2) is 5.29. The number of carboxylic acids is 1. The van der Waals surface area contributed by atoms with Gasteiger partial charge in [0.05, 0.1) is 6.42 Å². The molecule has 0 fully saturated rings. The Labute approximate surface area is 117 Å². The van der Waals surface area contributed by atoms with Crippen LogP contribution in [0.4, 0.5) is 0 Å². The van der Waals surface area contributed by atoms with Gasteiger partial charge in [-0.25, -0.2) is 0 Å². The third kappa shape index (κ3) is 2.69. The molecular formula is C16H13ClO2. The van der Waals surface area contributed by atoms with Crippen LogP contribution in [0, 0.1) is 0 Å². The van der Waals surface area contributed by atoms with Crippen LogP contribution in [0.15, 0.2) is 54.6 Å². The second-order valence-corrected chi connectivity index (χ2v) is 4.45. The third-order valence-corrected chi connectivity index (χ3v) is 3.12. The number of carboxylic acid groups (broad SMARTS) is 1. The number of halogens is 1. The minimum atomic E-state index is -0.796. The van der Waals surface area contributed by atoms with Crippen LogP contribution in [0.1, 0.15) is 5.56 Å². The minimum Gasteiger partial charge on any atom is -0.481 e. The van der Waals surface area contributed by atoms with Crippen molar-refractivity contribution in [1.82, 2.24) is 0 Å². The molecule has 0 amide bonds. The van der Waals surface area contributed by atoms with E-state index < -0.39 is 5.97 Å². The summed E-state index contributed by atoms with van der Waals surface area (Å²) in [4.78, 5) is 10.7. The van der Waals surface area contributed by atoms with Crippen molar-refractivity contribution in [3.8, 4) is 0 Å². The molecule has 0 heterocycles. The first-order valence-electron chi connectivity index (χ1n) is 5.85. The summed E-state index contributed by atoms with van der Waals surface area (Å²) in [6, 6.07) is 18.2. The number of hydrogen-bond acceptors (Lipinski definition) is 1. The highest BCUT2D eigenvalue weighted by atomic mass is 35.5. The molecule has 96 valence electrons. The Bertz CT molecular complexity index is 750. The first kappa shape index (κ1) is 13.4. The fourth-order valence-corrected chi connectivity index (χ4v) is 2.27. The zero-order chi connectivity index (χ0) is 12.5. The quantitative estimate of drug-likeness (QED) is 0.715. The Hall–Kier alpha value is -2.06. The van der Waals surface area contributed by atoms with Crippen molar-refractivity contribution >= 4 is 39.9 Å². The summed E-state index contributed by atoms with van der Waals surface area (Å²) in [5.41, 5.74) is 0.838. The lowest BCUT2D eigenvalue weighted by molar-refractivity contribution is -0.136. The van der Waals surface area contributed by atoms with E-state index >= 15 is 0 Å². The van der Waals surface area contributed by atoms with Crippen molar-refractivity contribution in [3.05, 3.63) is 60.2 Å². The molecule has 0 aliphatic heterocycles. The molecule has 0 unspecified atom stereocenters. The molecule has 2 nitrogen and oxygen atoms in total. The van der Waals surface area contributed by atoms with E-state index in [1.807, 2.05) is 30.3 Å². The summed E-state index contributed by atoms with van der Waals surface area (Å²) in [6.07, 6.45) is 0.0722. The highest BCUT2D eigenvalue weighted by Crippen LogP contribution is 2.23. The van der Waals surface area contributed by atoms with E-state index in [0.717, 1.165) is 16.3 Å². The number of aliphatic carboxylic acids is 1. The van der Waals surface area contributed by atoms with Gasteiger partial charge < -0.3 is 5.11 Å². The molecule has 1 N–H and O–H groups in total. The van der Waals surface area contributed by atoms with E-state index in [1.165, 1.54) is 10.8 Å². The molecule has 0 saturated carbocycles. The summed E-state index contributed by atoms with van der Waals surface area (Å²) in [5, 5.41) is 13.4. The van der Waals surface area contributed by atoms with Crippen LogP contribution in [0.3, 0.4) is 0 Å². The van der Waals surface area contributed by atoms with Crippen molar-refractivity contribution in [2.75, 3.05) is 0 Å².